The van der Waals surface area contributed by atoms with Gasteiger partial charge in [-0.3, -0.25) is 19.1 Å². The van der Waals surface area contributed by atoms with Crippen molar-refractivity contribution in [2.24, 2.45) is 17.8 Å². The number of sulfonamides is 1. The highest BCUT2D eigenvalue weighted by Crippen LogP contribution is 2.47. The summed E-state index contributed by atoms with van der Waals surface area (Å²) in [5.74, 6) is -2.22. The number of nitrogens with one attached hydrogen (secondary N) is 3. The first kappa shape index (κ1) is 36.4. The van der Waals surface area contributed by atoms with Crippen LogP contribution in [0.25, 0.3) is 10.8 Å². The van der Waals surface area contributed by atoms with Crippen LogP contribution < -0.4 is 24.8 Å². The van der Waals surface area contributed by atoms with Crippen LogP contribution in [0.1, 0.15) is 72.6 Å². The minimum absolute atomic E-state index is 0.00555. The molecule has 3 fully saturated rings. The third-order valence-electron chi connectivity index (χ3n) is 10.8. The van der Waals surface area contributed by atoms with Gasteiger partial charge in [0.2, 0.25) is 33.6 Å². The van der Waals surface area contributed by atoms with E-state index in [1.165, 1.54) is 4.90 Å². The fourth-order valence-corrected chi connectivity index (χ4v) is 8.65. The van der Waals surface area contributed by atoms with Crippen LogP contribution >= 0.6 is 0 Å². The molecule has 14 nitrogen and oxygen atoms in total. The van der Waals surface area contributed by atoms with E-state index < -0.39 is 74.1 Å². The highest BCUT2D eigenvalue weighted by Gasteiger charge is 2.63. The Balaban J connectivity index is 1.35. The van der Waals surface area contributed by atoms with E-state index in [9.17, 15) is 32.7 Å². The van der Waals surface area contributed by atoms with E-state index in [0.29, 0.717) is 43.6 Å². The molecule has 3 heterocycles. The quantitative estimate of drug-likeness (QED) is 0.293. The van der Waals surface area contributed by atoms with Crippen LogP contribution in [-0.4, -0.2) is 88.8 Å². The maximum atomic E-state index is 14.4. The summed E-state index contributed by atoms with van der Waals surface area (Å²) in [4.78, 5) is 60.4. The molecule has 4 aliphatic rings. The van der Waals surface area contributed by atoms with Crippen LogP contribution in [-0.2, 0) is 24.4 Å². The Labute approximate surface area is 297 Å². The number of hydrogen-bond donors (Lipinski definition) is 4. The van der Waals surface area contributed by atoms with E-state index in [-0.39, 0.29) is 31.2 Å². The number of aromatic nitrogens is 1. The Morgan fingerprint density at radius 2 is 1.90 bits per heavy atom. The van der Waals surface area contributed by atoms with Crippen molar-refractivity contribution >= 4 is 44.6 Å². The van der Waals surface area contributed by atoms with Gasteiger partial charge in [0.1, 0.15) is 23.7 Å². The fraction of sp³-hybridized carbons (Fsp3) is 0.583. The topological polar surface area (TPSA) is 193 Å². The molecule has 0 spiro atoms. The zero-order valence-corrected chi connectivity index (χ0v) is 30.2. The van der Waals surface area contributed by atoms with Crippen LogP contribution in [0.4, 0.5) is 4.79 Å². The number of allylic oxidation sites excluding steroid dienone is 1. The predicted molar refractivity (Wildman–Crippen MR) is 187 cm³/mol. The minimum Gasteiger partial charge on any atom is -0.478 e. The maximum Gasteiger partial charge on any atom is 0.405 e. The van der Waals surface area contributed by atoms with Crippen molar-refractivity contribution in [3.63, 3.8) is 0 Å². The molecule has 1 aromatic heterocycles. The van der Waals surface area contributed by atoms with Crippen LogP contribution in [0.3, 0.4) is 0 Å². The van der Waals surface area contributed by atoms with Gasteiger partial charge in [0, 0.05) is 23.8 Å². The number of rotatable bonds is 8. The van der Waals surface area contributed by atoms with Crippen molar-refractivity contribution in [1.82, 2.24) is 25.2 Å². The number of ether oxygens (including phenoxy) is 2. The zero-order chi connectivity index (χ0) is 36.7. The summed E-state index contributed by atoms with van der Waals surface area (Å²) in [6.45, 7) is 7.56. The standard InChI is InChI=1S/C36H47N5O9S/c1-5-49-28-17-23-11-7-9-13-26(23)31(37-28)50-25-18-27-30(42)39-36(33(44)40-51(47,48)35(4)14-15-35)19-24(36)12-8-6-10-21(2)16-22(3)29(38-34(45)46)32(43)41(27)20-25/h7-9,11-13,17,21-22,24-25,27,29,38H,5-6,10,14-16,18-20H2,1-4H3,(H,39,42)(H,40,44)(H,45,46)/b12-8-/t21-,22-,24-,25-,27+,29+,36-/m1/s1. The third kappa shape index (κ3) is 7.49. The van der Waals surface area contributed by atoms with Crippen molar-refractivity contribution in [2.75, 3.05) is 13.2 Å². The molecule has 1 aromatic carbocycles. The van der Waals surface area contributed by atoms with Gasteiger partial charge in [-0.2, -0.15) is 4.98 Å². The summed E-state index contributed by atoms with van der Waals surface area (Å²) < 4.78 is 39.5. The van der Waals surface area contributed by atoms with Crippen molar-refractivity contribution in [2.45, 2.75) is 101 Å². The van der Waals surface area contributed by atoms with Crippen LogP contribution in [0.5, 0.6) is 11.8 Å². The highest BCUT2D eigenvalue weighted by atomic mass is 32.2. The Morgan fingerprint density at radius 3 is 2.61 bits per heavy atom. The van der Waals surface area contributed by atoms with Crippen molar-refractivity contribution in [1.29, 1.82) is 0 Å². The highest BCUT2D eigenvalue weighted by molar-refractivity contribution is 7.91. The summed E-state index contributed by atoms with van der Waals surface area (Å²) in [6.07, 6.45) is 4.65. The molecule has 2 aromatic rings. The van der Waals surface area contributed by atoms with Crippen LogP contribution in [0.15, 0.2) is 42.5 Å². The lowest BCUT2D eigenvalue weighted by molar-refractivity contribution is -0.142. The van der Waals surface area contributed by atoms with Crippen LogP contribution in [0.2, 0.25) is 0 Å². The molecular weight excluding hydrogens is 678 g/mol. The summed E-state index contributed by atoms with van der Waals surface area (Å²) in [6, 6.07) is 6.92. The Kier molecular flexibility index (Phi) is 9.96. The summed E-state index contributed by atoms with van der Waals surface area (Å²) in [5, 5.41) is 16.5. The molecule has 1 saturated heterocycles. The van der Waals surface area contributed by atoms with Gasteiger partial charge in [-0.1, -0.05) is 44.2 Å². The van der Waals surface area contributed by atoms with Crippen LogP contribution in [0, 0.1) is 17.8 Å². The third-order valence-corrected chi connectivity index (χ3v) is 12.9. The number of amides is 4. The number of carbonyl (C=O) groups excluding carboxylic acids is 3. The van der Waals surface area contributed by atoms with Crippen molar-refractivity contribution in [3.05, 3.63) is 42.5 Å². The van der Waals surface area contributed by atoms with E-state index in [1.807, 2.05) is 57.2 Å². The van der Waals surface area contributed by atoms with E-state index in [4.69, 9.17) is 9.47 Å². The average Bonchev–Trinajstić information content (AvgIpc) is 3.95. The lowest BCUT2D eigenvalue weighted by Crippen LogP contribution is -2.59. The van der Waals surface area contributed by atoms with E-state index >= 15 is 0 Å². The molecule has 2 aliphatic heterocycles. The molecule has 0 unspecified atom stereocenters. The van der Waals surface area contributed by atoms with E-state index in [0.717, 1.165) is 11.8 Å². The Hall–Kier alpha value is -4.40. The summed E-state index contributed by atoms with van der Waals surface area (Å²) in [7, 11) is -4.00. The molecule has 0 bridgehead atoms. The molecule has 276 valence electrons. The van der Waals surface area contributed by atoms with Gasteiger partial charge in [-0.25, -0.2) is 13.2 Å². The van der Waals surface area contributed by atoms with Gasteiger partial charge in [0.15, 0.2) is 0 Å². The van der Waals surface area contributed by atoms with Gasteiger partial charge in [-0.15, -0.1) is 0 Å². The van der Waals surface area contributed by atoms with Gasteiger partial charge < -0.3 is 30.1 Å². The second-order valence-corrected chi connectivity index (χ2v) is 17.0. The first-order chi connectivity index (χ1) is 24.2. The summed E-state index contributed by atoms with van der Waals surface area (Å²) >= 11 is 0. The lowest BCUT2D eigenvalue weighted by atomic mass is 9.88. The monoisotopic (exact) mass is 725 g/mol. The molecule has 4 N–H and O–H groups in total. The molecule has 2 aliphatic carbocycles. The molecule has 0 radical (unpaired) electrons. The number of nitrogens with zero attached hydrogens (tertiary/aromatic N) is 2. The molecule has 7 atom stereocenters. The average molecular weight is 726 g/mol. The summed E-state index contributed by atoms with van der Waals surface area (Å²) in [5.41, 5.74) is -1.54. The fourth-order valence-electron chi connectivity index (χ4n) is 7.34. The van der Waals surface area contributed by atoms with Gasteiger partial charge in [0.25, 0.3) is 5.91 Å². The minimum atomic E-state index is -4.00. The smallest absolute Gasteiger partial charge is 0.405 e. The number of carbonyl (C=O) groups is 4. The SMILES string of the molecule is CCOc1cc2ccccc2c(O[C@@H]2C[C@H]3C(=O)N[C@]4(C(=O)NS(=O)(=O)C5(C)CC5)C[C@H]4/C=C\CC[C@@H](C)C[C@@H](C)[C@H](NC(=O)O)C(=O)N3C2)n1. The van der Waals surface area contributed by atoms with Gasteiger partial charge >= 0.3 is 6.09 Å². The molecule has 2 saturated carbocycles. The lowest BCUT2D eigenvalue weighted by Gasteiger charge is -2.32. The molecule has 6 rings (SSSR count). The zero-order valence-electron chi connectivity index (χ0n) is 29.4. The molecule has 4 amide bonds. The van der Waals surface area contributed by atoms with Crippen molar-refractivity contribution < 1.29 is 42.2 Å². The maximum absolute atomic E-state index is 14.4. The molecular formula is C36H47N5O9S. The second-order valence-electron chi connectivity index (χ2n) is 14.8. The largest absolute Gasteiger partial charge is 0.478 e. The second kappa shape index (κ2) is 14.0. The molecule has 51 heavy (non-hydrogen) atoms. The number of benzene rings is 1. The number of fused-ring (bicyclic) bond motifs is 3. The van der Waals surface area contributed by atoms with Gasteiger partial charge in [-0.05, 0) is 75.7 Å². The van der Waals surface area contributed by atoms with Gasteiger partial charge in [0.05, 0.1) is 17.9 Å². The van der Waals surface area contributed by atoms with Crippen molar-refractivity contribution in [3.8, 4) is 11.8 Å². The van der Waals surface area contributed by atoms with E-state index in [2.05, 4.69) is 20.3 Å². The first-order valence-corrected chi connectivity index (χ1v) is 19.2. The first-order valence-electron chi connectivity index (χ1n) is 17.7. The number of hydrogen-bond acceptors (Lipinski definition) is 9. The molecule has 15 heteroatoms. The Bertz CT molecular complexity index is 1850. The number of pyridine rings is 1. The predicted octanol–water partition coefficient (Wildman–Crippen LogP) is 3.50. The Morgan fingerprint density at radius 1 is 1.16 bits per heavy atom. The van der Waals surface area contributed by atoms with E-state index in [1.54, 1.807) is 13.0 Å². The normalized spacial score (nSPS) is 31.2. The number of carboxylic acid groups (broad SMARTS) is 1.